The van der Waals surface area contributed by atoms with Crippen LogP contribution in [0.1, 0.15) is 9.67 Å². The van der Waals surface area contributed by atoms with Crippen molar-refractivity contribution in [2.75, 3.05) is 17.7 Å². The van der Waals surface area contributed by atoms with Crippen LogP contribution in [0.5, 0.6) is 0 Å². The van der Waals surface area contributed by atoms with Crippen molar-refractivity contribution in [1.82, 2.24) is 14.6 Å². The van der Waals surface area contributed by atoms with Crippen molar-refractivity contribution in [1.29, 1.82) is 0 Å². The molecule has 0 unspecified atom stereocenters. The van der Waals surface area contributed by atoms with Crippen molar-refractivity contribution in [3.63, 3.8) is 0 Å². The average molecular weight is 317 g/mol. The Kier molecular flexibility index (Phi) is 3.71. The van der Waals surface area contributed by atoms with Crippen LogP contribution in [0.25, 0.3) is 5.65 Å². The Balaban J connectivity index is 1.77. The number of nitrogens with one attached hydrogen (secondary N) is 2. The summed E-state index contributed by atoms with van der Waals surface area (Å²) >= 11 is 1.19. The van der Waals surface area contributed by atoms with Crippen molar-refractivity contribution < 1.29 is 14.3 Å². The van der Waals surface area contributed by atoms with Gasteiger partial charge in [-0.05, 0) is 23.6 Å². The Morgan fingerprint density at radius 2 is 2.09 bits per heavy atom. The van der Waals surface area contributed by atoms with E-state index in [1.165, 1.54) is 24.8 Å². The number of amides is 2. The minimum atomic E-state index is -0.496. The lowest BCUT2D eigenvalue weighted by Crippen LogP contribution is -2.20. The highest BCUT2D eigenvalue weighted by atomic mass is 32.1. The van der Waals surface area contributed by atoms with Gasteiger partial charge in [0.15, 0.2) is 5.65 Å². The first kappa shape index (κ1) is 14.0. The van der Waals surface area contributed by atoms with Gasteiger partial charge in [-0.1, -0.05) is 0 Å². The first-order valence-corrected chi connectivity index (χ1v) is 7.09. The fourth-order valence-electron chi connectivity index (χ4n) is 1.88. The summed E-state index contributed by atoms with van der Waals surface area (Å²) in [5, 5.41) is 11.0. The van der Waals surface area contributed by atoms with Crippen molar-refractivity contribution in [3.8, 4) is 0 Å². The van der Waals surface area contributed by atoms with Gasteiger partial charge >= 0.3 is 12.0 Å². The van der Waals surface area contributed by atoms with Crippen LogP contribution in [0.4, 0.5) is 16.2 Å². The van der Waals surface area contributed by atoms with Gasteiger partial charge in [-0.2, -0.15) is 5.10 Å². The molecule has 2 N–H and O–H groups in total. The molecule has 0 bridgehead atoms. The SMILES string of the molecule is COC(=O)c1sccc1NC(=O)Nc1cccn2ncnc12. The highest BCUT2D eigenvalue weighted by Gasteiger charge is 2.16. The molecule has 0 radical (unpaired) electrons. The van der Waals surface area contributed by atoms with E-state index in [4.69, 9.17) is 0 Å². The fourth-order valence-corrected chi connectivity index (χ4v) is 2.65. The van der Waals surface area contributed by atoms with E-state index in [2.05, 4.69) is 25.5 Å². The van der Waals surface area contributed by atoms with E-state index in [1.807, 2.05) is 0 Å². The van der Waals surface area contributed by atoms with Crippen molar-refractivity contribution >= 4 is 40.4 Å². The number of anilines is 2. The van der Waals surface area contributed by atoms with Crippen LogP contribution in [0.2, 0.25) is 0 Å². The second-order valence-electron chi connectivity index (χ2n) is 4.18. The molecule has 3 aromatic heterocycles. The van der Waals surface area contributed by atoms with Gasteiger partial charge in [0.1, 0.15) is 11.2 Å². The van der Waals surface area contributed by atoms with Gasteiger partial charge in [0.05, 0.1) is 18.5 Å². The van der Waals surface area contributed by atoms with E-state index >= 15 is 0 Å². The molecule has 2 amide bonds. The summed E-state index contributed by atoms with van der Waals surface area (Å²) in [6, 6.07) is 4.59. The Morgan fingerprint density at radius 3 is 2.91 bits per heavy atom. The van der Waals surface area contributed by atoms with Crippen LogP contribution in [-0.2, 0) is 4.74 Å². The standard InChI is InChI=1S/C13H11N5O3S/c1-21-12(19)10-8(4-6-22-10)16-13(20)17-9-3-2-5-18-11(9)14-7-15-18/h2-7H,1H3,(H2,16,17,20). The highest BCUT2D eigenvalue weighted by molar-refractivity contribution is 7.12. The number of carbonyl (C=O) groups is 2. The molecule has 3 aromatic rings. The molecular formula is C13H11N5O3S. The number of hydrogen-bond acceptors (Lipinski definition) is 6. The Morgan fingerprint density at radius 1 is 1.27 bits per heavy atom. The van der Waals surface area contributed by atoms with Crippen LogP contribution >= 0.6 is 11.3 Å². The Labute approximate surface area is 128 Å². The van der Waals surface area contributed by atoms with Crippen LogP contribution in [0.15, 0.2) is 36.1 Å². The topological polar surface area (TPSA) is 97.6 Å². The van der Waals surface area contributed by atoms with Gasteiger partial charge < -0.3 is 15.4 Å². The van der Waals surface area contributed by atoms with Gasteiger partial charge in [0.25, 0.3) is 0 Å². The number of esters is 1. The zero-order valence-electron chi connectivity index (χ0n) is 11.4. The molecule has 0 atom stereocenters. The predicted molar refractivity (Wildman–Crippen MR) is 81.3 cm³/mol. The van der Waals surface area contributed by atoms with Gasteiger partial charge in [-0.3, -0.25) is 0 Å². The third kappa shape index (κ3) is 2.61. The predicted octanol–water partition coefficient (Wildman–Crippen LogP) is 2.22. The van der Waals surface area contributed by atoms with Crippen LogP contribution in [-0.4, -0.2) is 33.7 Å². The van der Waals surface area contributed by atoms with Crippen LogP contribution < -0.4 is 10.6 Å². The number of fused-ring (bicyclic) bond motifs is 1. The Bertz CT molecular complexity index is 841. The van der Waals surface area contributed by atoms with Crippen molar-refractivity contribution in [2.24, 2.45) is 0 Å². The molecule has 0 saturated heterocycles. The fraction of sp³-hybridized carbons (Fsp3) is 0.0769. The van der Waals surface area contributed by atoms with Crippen molar-refractivity contribution in [3.05, 3.63) is 41.0 Å². The summed E-state index contributed by atoms with van der Waals surface area (Å²) in [5.74, 6) is -0.496. The molecule has 9 heteroatoms. The van der Waals surface area contributed by atoms with E-state index in [0.717, 1.165) is 0 Å². The molecule has 0 spiro atoms. The molecule has 22 heavy (non-hydrogen) atoms. The molecule has 3 heterocycles. The molecule has 112 valence electrons. The zero-order valence-corrected chi connectivity index (χ0v) is 12.3. The van der Waals surface area contributed by atoms with E-state index < -0.39 is 12.0 Å². The largest absolute Gasteiger partial charge is 0.465 e. The maximum atomic E-state index is 12.1. The molecule has 0 aliphatic heterocycles. The molecule has 0 aromatic carbocycles. The summed E-state index contributed by atoms with van der Waals surface area (Å²) in [6.45, 7) is 0. The minimum absolute atomic E-state index is 0.332. The molecular weight excluding hydrogens is 306 g/mol. The maximum absolute atomic E-state index is 12.1. The van der Waals surface area contributed by atoms with Gasteiger partial charge in [0.2, 0.25) is 0 Å². The normalized spacial score (nSPS) is 10.4. The Hall–Kier alpha value is -2.94. The van der Waals surface area contributed by atoms with Gasteiger partial charge in [-0.15, -0.1) is 11.3 Å². The smallest absolute Gasteiger partial charge is 0.350 e. The van der Waals surface area contributed by atoms with Crippen molar-refractivity contribution in [2.45, 2.75) is 0 Å². The number of pyridine rings is 1. The number of methoxy groups -OCH3 is 1. The summed E-state index contributed by atoms with van der Waals surface area (Å²) < 4.78 is 6.20. The monoisotopic (exact) mass is 317 g/mol. The zero-order chi connectivity index (χ0) is 15.5. The number of ether oxygens (including phenoxy) is 1. The molecule has 0 aliphatic carbocycles. The van der Waals surface area contributed by atoms with E-state index in [1.54, 1.807) is 34.3 Å². The lowest BCUT2D eigenvalue weighted by atomic mass is 10.4. The molecule has 3 rings (SSSR count). The van der Waals surface area contributed by atoms with Crippen LogP contribution in [0, 0.1) is 0 Å². The molecule has 8 nitrogen and oxygen atoms in total. The number of thiophene rings is 1. The lowest BCUT2D eigenvalue weighted by molar-refractivity contribution is 0.0607. The van der Waals surface area contributed by atoms with Gasteiger partial charge in [-0.25, -0.2) is 19.1 Å². The first-order chi connectivity index (χ1) is 10.7. The maximum Gasteiger partial charge on any atom is 0.350 e. The summed E-state index contributed by atoms with van der Waals surface area (Å²) in [7, 11) is 1.29. The second kappa shape index (κ2) is 5.82. The average Bonchev–Trinajstić information content (AvgIpc) is 3.15. The number of carbonyl (C=O) groups excluding carboxylic acids is 2. The molecule has 0 fully saturated rings. The van der Waals surface area contributed by atoms with E-state index in [9.17, 15) is 9.59 Å². The second-order valence-corrected chi connectivity index (χ2v) is 5.10. The third-order valence-corrected chi connectivity index (χ3v) is 3.73. The summed E-state index contributed by atoms with van der Waals surface area (Å²) in [6.07, 6.45) is 3.12. The van der Waals surface area contributed by atoms with E-state index in [0.29, 0.717) is 21.9 Å². The lowest BCUT2D eigenvalue weighted by Gasteiger charge is -2.08. The van der Waals surface area contributed by atoms with Crippen LogP contribution in [0.3, 0.4) is 0 Å². The van der Waals surface area contributed by atoms with E-state index in [-0.39, 0.29) is 0 Å². The number of rotatable bonds is 3. The third-order valence-electron chi connectivity index (χ3n) is 2.84. The summed E-state index contributed by atoms with van der Waals surface area (Å²) in [4.78, 5) is 28.0. The highest BCUT2D eigenvalue weighted by Crippen LogP contribution is 2.23. The number of nitrogens with zero attached hydrogens (tertiary/aromatic N) is 3. The molecule has 0 saturated carbocycles. The number of aromatic nitrogens is 3. The minimum Gasteiger partial charge on any atom is -0.465 e. The number of hydrogen-bond donors (Lipinski definition) is 2. The number of urea groups is 1. The quantitative estimate of drug-likeness (QED) is 0.722. The summed E-state index contributed by atoms with van der Waals surface area (Å²) in [5.41, 5.74) is 1.42. The van der Waals surface area contributed by atoms with Gasteiger partial charge in [0, 0.05) is 6.20 Å². The first-order valence-electron chi connectivity index (χ1n) is 6.21. The molecule has 0 aliphatic rings.